The van der Waals surface area contributed by atoms with Gasteiger partial charge in [-0.3, -0.25) is 18.7 Å². The molecule has 0 atom stereocenters. The van der Waals surface area contributed by atoms with E-state index in [9.17, 15) is 18.8 Å². The minimum atomic E-state index is -0.616. The Labute approximate surface area is 165 Å². The zero-order chi connectivity index (χ0) is 19.6. The van der Waals surface area contributed by atoms with Gasteiger partial charge in [0.2, 0.25) is 5.91 Å². The second kappa shape index (κ2) is 8.15. The molecular formula is C17H15BrFN3O4S. The summed E-state index contributed by atoms with van der Waals surface area (Å²) in [5.74, 6) is -1.18. The summed E-state index contributed by atoms with van der Waals surface area (Å²) < 4.78 is 22.0. The number of carbonyl (C=O) groups is 1. The number of hydrogen-bond acceptors (Lipinski definition) is 5. The van der Waals surface area contributed by atoms with Crippen molar-refractivity contribution in [3.05, 3.63) is 60.8 Å². The van der Waals surface area contributed by atoms with Crippen LogP contribution in [0, 0.1) is 5.82 Å². The number of thiophene rings is 1. The van der Waals surface area contributed by atoms with Crippen molar-refractivity contribution < 1.29 is 13.9 Å². The molecule has 142 valence electrons. The van der Waals surface area contributed by atoms with Gasteiger partial charge in [-0.15, -0.1) is 11.3 Å². The summed E-state index contributed by atoms with van der Waals surface area (Å²) in [6.45, 7) is -0.0951. The summed E-state index contributed by atoms with van der Waals surface area (Å²) in [6, 6.07) is 5.84. The number of nitrogens with zero attached hydrogens (tertiary/aromatic N) is 2. The van der Waals surface area contributed by atoms with E-state index < -0.39 is 23.0 Å². The van der Waals surface area contributed by atoms with Crippen molar-refractivity contribution in [1.82, 2.24) is 9.13 Å². The lowest BCUT2D eigenvalue weighted by Gasteiger charge is -2.12. The number of hydrogen-bond donors (Lipinski definition) is 1. The van der Waals surface area contributed by atoms with E-state index in [0.29, 0.717) is 14.7 Å². The van der Waals surface area contributed by atoms with Crippen molar-refractivity contribution in [3.63, 3.8) is 0 Å². The molecule has 0 spiro atoms. The van der Waals surface area contributed by atoms with E-state index in [1.54, 1.807) is 17.5 Å². The summed E-state index contributed by atoms with van der Waals surface area (Å²) in [6.07, 6.45) is 0. The third kappa shape index (κ3) is 4.02. The second-order valence-electron chi connectivity index (χ2n) is 5.63. The number of ether oxygens (including phenoxy) is 1. The van der Waals surface area contributed by atoms with E-state index in [1.165, 1.54) is 35.1 Å². The Morgan fingerprint density at radius 1 is 1.30 bits per heavy atom. The molecule has 0 saturated carbocycles. The summed E-state index contributed by atoms with van der Waals surface area (Å²) >= 11 is 4.33. The predicted molar refractivity (Wildman–Crippen MR) is 105 cm³/mol. The van der Waals surface area contributed by atoms with Crippen LogP contribution in [0.2, 0.25) is 0 Å². The minimum Gasteiger partial charge on any atom is -0.383 e. The third-order valence-electron chi connectivity index (χ3n) is 3.86. The van der Waals surface area contributed by atoms with Gasteiger partial charge in [-0.1, -0.05) is 15.9 Å². The average Bonchev–Trinajstić information content (AvgIpc) is 3.11. The number of aromatic nitrogens is 2. The lowest BCUT2D eigenvalue weighted by molar-refractivity contribution is -0.116. The SMILES string of the molecule is COCCn1c(=O)c2sccc2n(CC(=O)Nc2ccc(Br)cc2F)c1=O. The van der Waals surface area contributed by atoms with Crippen LogP contribution in [0.25, 0.3) is 10.2 Å². The second-order valence-corrected chi connectivity index (χ2v) is 7.46. The van der Waals surface area contributed by atoms with E-state index >= 15 is 0 Å². The van der Waals surface area contributed by atoms with Crippen LogP contribution in [0.1, 0.15) is 0 Å². The van der Waals surface area contributed by atoms with Crippen molar-refractivity contribution in [2.24, 2.45) is 0 Å². The maximum Gasteiger partial charge on any atom is 0.332 e. The minimum absolute atomic E-state index is 0.00511. The number of rotatable bonds is 6. The van der Waals surface area contributed by atoms with Gasteiger partial charge in [0.1, 0.15) is 17.1 Å². The lowest BCUT2D eigenvalue weighted by atomic mass is 10.3. The highest BCUT2D eigenvalue weighted by molar-refractivity contribution is 9.10. The molecule has 0 radical (unpaired) electrons. The Balaban J connectivity index is 1.96. The van der Waals surface area contributed by atoms with E-state index in [0.717, 1.165) is 4.57 Å². The van der Waals surface area contributed by atoms with Crippen LogP contribution < -0.4 is 16.6 Å². The maximum atomic E-state index is 13.9. The molecule has 1 N–H and O–H groups in total. The molecule has 0 unspecified atom stereocenters. The van der Waals surface area contributed by atoms with Crippen LogP contribution in [-0.2, 0) is 22.6 Å². The monoisotopic (exact) mass is 455 g/mol. The van der Waals surface area contributed by atoms with Crippen molar-refractivity contribution in [2.75, 3.05) is 19.0 Å². The molecule has 1 amide bonds. The number of nitrogens with one attached hydrogen (secondary N) is 1. The Morgan fingerprint density at radius 3 is 2.78 bits per heavy atom. The largest absolute Gasteiger partial charge is 0.383 e. The predicted octanol–water partition coefficient (Wildman–Crippen LogP) is 2.41. The molecule has 3 rings (SSSR count). The highest BCUT2D eigenvalue weighted by atomic mass is 79.9. The Hall–Kier alpha value is -2.30. The first-order valence-electron chi connectivity index (χ1n) is 7.87. The van der Waals surface area contributed by atoms with Crippen LogP contribution in [0.4, 0.5) is 10.1 Å². The highest BCUT2D eigenvalue weighted by Crippen LogP contribution is 2.20. The Bertz CT molecular complexity index is 1120. The van der Waals surface area contributed by atoms with Gasteiger partial charge in [0, 0.05) is 11.6 Å². The number of amides is 1. The topological polar surface area (TPSA) is 82.3 Å². The fourth-order valence-corrected chi connectivity index (χ4v) is 3.77. The molecule has 0 aliphatic carbocycles. The quantitative estimate of drug-likeness (QED) is 0.618. The fraction of sp³-hybridized carbons (Fsp3) is 0.235. The first-order valence-corrected chi connectivity index (χ1v) is 9.54. The summed E-state index contributed by atoms with van der Waals surface area (Å²) in [5.41, 5.74) is -0.660. The fourth-order valence-electron chi connectivity index (χ4n) is 2.59. The number of carbonyl (C=O) groups excluding carboxylic acids is 1. The standard InChI is InChI=1S/C17H15BrFN3O4S/c1-26-6-5-21-16(24)15-13(4-7-27-15)22(17(21)25)9-14(23)20-12-3-2-10(18)8-11(12)19/h2-4,7-8H,5-6,9H2,1H3,(H,20,23). The molecule has 0 aliphatic heterocycles. The van der Waals surface area contributed by atoms with Crippen LogP contribution in [0.15, 0.2) is 43.7 Å². The van der Waals surface area contributed by atoms with Gasteiger partial charge < -0.3 is 10.1 Å². The molecule has 2 heterocycles. The molecule has 3 aromatic rings. The molecule has 7 nitrogen and oxygen atoms in total. The first-order chi connectivity index (χ1) is 12.9. The number of halogens is 2. The average molecular weight is 456 g/mol. The molecular weight excluding hydrogens is 441 g/mol. The van der Waals surface area contributed by atoms with Gasteiger partial charge in [-0.05, 0) is 29.6 Å². The highest BCUT2D eigenvalue weighted by Gasteiger charge is 2.17. The molecule has 0 saturated heterocycles. The van der Waals surface area contributed by atoms with E-state index in [4.69, 9.17) is 4.74 Å². The van der Waals surface area contributed by atoms with Crippen LogP contribution in [-0.4, -0.2) is 28.8 Å². The lowest BCUT2D eigenvalue weighted by Crippen LogP contribution is -2.42. The number of methoxy groups -OCH3 is 1. The van der Waals surface area contributed by atoms with Gasteiger partial charge in [0.05, 0.1) is 24.4 Å². The van der Waals surface area contributed by atoms with Gasteiger partial charge in [0.25, 0.3) is 5.56 Å². The Kier molecular flexibility index (Phi) is 5.88. The van der Waals surface area contributed by atoms with Gasteiger partial charge >= 0.3 is 5.69 Å². The van der Waals surface area contributed by atoms with Crippen molar-refractivity contribution in [2.45, 2.75) is 13.1 Å². The Morgan fingerprint density at radius 2 is 2.07 bits per heavy atom. The molecule has 27 heavy (non-hydrogen) atoms. The van der Waals surface area contributed by atoms with E-state index in [2.05, 4.69) is 21.2 Å². The molecule has 0 fully saturated rings. The van der Waals surface area contributed by atoms with E-state index in [-0.39, 0.29) is 25.4 Å². The van der Waals surface area contributed by atoms with Gasteiger partial charge in [-0.25, -0.2) is 9.18 Å². The first kappa shape index (κ1) is 19.5. The molecule has 1 aromatic carbocycles. The summed E-state index contributed by atoms with van der Waals surface area (Å²) in [7, 11) is 1.47. The number of fused-ring (bicyclic) bond motifs is 1. The number of anilines is 1. The molecule has 2 aromatic heterocycles. The van der Waals surface area contributed by atoms with Crippen molar-refractivity contribution in [1.29, 1.82) is 0 Å². The van der Waals surface area contributed by atoms with Gasteiger partial charge in [-0.2, -0.15) is 0 Å². The maximum absolute atomic E-state index is 13.9. The zero-order valence-electron chi connectivity index (χ0n) is 14.2. The zero-order valence-corrected chi connectivity index (χ0v) is 16.6. The number of benzene rings is 1. The smallest absolute Gasteiger partial charge is 0.332 e. The third-order valence-corrected chi connectivity index (χ3v) is 5.25. The summed E-state index contributed by atoms with van der Waals surface area (Å²) in [4.78, 5) is 37.6. The van der Waals surface area contributed by atoms with Crippen molar-refractivity contribution >= 4 is 49.1 Å². The molecule has 10 heteroatoms. The van der Waals surface area contributed by atoms with E-state index in [1.807, 2.05) is 0 Å². The summed E-state index contributed by atoms with van der Waals surface area (Å²) in [5, 5.41) is 4.12. The molecule has 0 aliphatic rings. The molecule has 0 bridgehead atoms. The van der Waals surface area contributed by atoms with Crippen molar-refractivity contribution in [3.8, 4) is 0 Å². The van der Waals surface area contributed by atoms with Gasteiger partial charge in [0.15, 0.2) is 0 Å². The van der Waals surface area contributed by atoms with Crippen LogP contribution in [0.3, 0.4) is 0 Å². The van der Waals surface area contributed by atoms with Crippen LogP contribution >= 0.6 is 27.3 Å². The van der Waals surface area contributed by atoms with Crippen LogP contribution in [0.5, 0.6) is 0 Å². The normalized spacial score (nSPS) is 11.1.